The highest BCUT2D eigenvalue weighted by Gasteiger charge is 2.51. The Kier molecular flexibility index (Phi) is 6.30. The number of carbonyl (C=O) groups excluding carboxylic acids is 2. The van der Waals surface area contributed by atoms with Crippen molar-refractivity contribution >= 4 is 29.1 Å². The number of piperidine rings is 1. The summed E-state index contributed by atoms with van der Waals surface area (Å²) >= 11 is 5.88. The topological polar surface area (TPSA) is 73.3 Å². The van der Waals surface area contributed by atoms with Crippen LogP contribution in [0.1, 0.15) is 39.0 Å². The predicted molar refractivity (Wildman–Crippen MR) is 115 cm³/mol. The molecule has 0 unspecified atom stereocenters. The number of aliphatic hydroxyl groups excluding tert-OH is 1. The molecule has 0 bridgehead atoms. The third-order valence-corrected chi connectivity index (χ3v) is 7.43. The van der Waals surface area contributed by atoms with Gasteiger partial charge in [-0.1, -0.05) is 11.6 Å². The van der Waals surface area contributed by atoms with Crippen molar-refractivity contribution in [3.8, 4) is 5.75 Å². The van der Waals surface area contributed by atoms with Gasteiger partial charge in [0.15, 0.2) is 5.75 Å². The number of nitrogens with zero attached hydrogens (tertiary/aromatic N) is 3. The van der Waals surface area contributed by atoms with Crippen LogP contribution in [0.3, 0.4) is 0 Å². The summed E-state index contributed by atoms with van der Waals surface area (Å²) in [6, 6.07) is 4.36. The van der Waals surface area contributed by atoms with Crippen LogP contribution in [-0.2, 0) is 9.59 Å². The van der Waals surface area contributed by atoms with Crippen molar-refractivity contribution in [3.63, 3.8) is 0 Å². The summed E-state index contributed by atoms with van der Waals surface area (Å²) in [6.07, 6.45) is 3.59. The first-order chi connectivity index (χ1) is 14.8. The van der Waals surface area contributed by atoms with Gasteiger partial charge in [0.25, 0.3) is 0 Å². The number of carbonyl (C=O) groups is 2. The van der Waals surface area contributed by atoms with Crippen LogP contribution in [0.2, 0.25) is 5.02 Å². The van der Waals surface area contributed by atoms with Crippen molar-refractivity contribution in [1.82, 2.24) is 9.80 Å². The van der Waals surface area contributed by atoms with E-state index in [0.717, 1.165) is 25.8 Å². The molecule has 1 saturated carbocycles. The largest absolute Gasteiger partial charge is 0.391 e. The third kappa shape index (κ3) is 4.46. The first-order valence-corrected chi connectivity index (χ1v) is 11.3. The molecule has 170 valence electrons. The summed E-state index contributed by atoms with van der Waals surface area (Å²) in [5, 5.41) is 10.5. The molecule has 1 N–H and O–H groups in total. The van der Waals surface area contributed by atoms with Gasteiger partial charge in [0.05, 0.1) is 11.1 Å². The molecule has 4 rings (SSSR count). The lowest BCUT2D eigenvalue weighted by atomic mass is 9.90. The second-order valence-electron chi connectivity index (χ2n) is 8.96. The molecule has 1 aromatic rings. The number of β-amino-alcohol motifs (C(OH)–C–C–N with tert-alkyl or cyclic N) is 1. The number of halogens is 2. The van der Waals surface area contributed by atoms with Crippen LogP contribution in [0, 0.1) is 5.41 Å². The number of hydrogen-bond acceptors (Lipinski definition) is 5. The molecular formula is C22H29ClFN3O4. The van der Waals surface area contributed by atoms with Gasteiger partial charge < -0.3 is 19.8 Å². The molecule has 0 aromatic heterocycles. The Labute approximate surface area is 186 Å². The third-order valence-electron chi connectivity index (χ3n) is 7.12. The van der Waals surface area contributed by atoms with Crippen molar-refractivity contribution in [2.24, 2.45) is 5.41 Å². The predicted octanol–water partition coefficient (Wildman–Crippen LogP) is 2.79. The van der Waals surface area contributed by atoms with Crippen molar-refractivity contribution in [2.45, 2.75) is 51.2 Å². The minimum Gasteiger partial charge on any atom is -0.391 e. The van der Waals surface area contributed by atoms with Crippen LogP contribution in [-0.4, -0.2) is 71.6 Å². The smallest absolute Gasteiger partial charge is 0.245 e. The number of hydrogen-bond donors (Lipinski definition) is 1. The number of piperazine rings is 1. The Morgan fingerprint density at radius 2 is 2.06 bits per heavy atom. The number of rotatable bonds is 6. The van der Waals surface area contributed by atoms with Gasteiger partial charge in [0.2, 0.25) is 11.8 Å². The number of amides is 2. The molecule has 7 nitrogen and oxygen atoms in total. The summed E-state index contributed by atoms with van der Waals surface area (Å²) in [5.74, 6) is -0.0516. The average molecular weight is 454 g/mol. The highest BCUT2D eigenvalue weighted by atomic mass is 35.5. The molecule has 2 saturated heterocycles. The first-order valence-electron chi connectivity index (χ1n) is 10.9. The van der Waals surface area contributed by atoms with Crippen molar-refractivity contribution in [2.75, 3.05) is 37.6 Å². The Morgan fingerprint density at radius 3 is 2.74 bits per heavy atom. The Balaban J connectivity index is 1.26. The van der Waals surface area contributed by atoms with E-state index in [4.69, 9.17) is 11.6 Å². The monoisotopic (exact) mass is 453 g/mol. The molecule has 2 aliphatic heterocycles. The molecule has 1 aliphatic carbocycles. The zero-order valence-corrected chi connectivity index (χ0v) is 18.5. The maximum absolute atomic E-state index is 12.9. The molecule has 9 heteroatoms. The van der Waals surface area contributed by atoms with Gasteiger partial charge >= 0.3 is 0 Å². The molecular weight excluding hydrogens is 425 g/mol. The van der Waals surface area contributed by atoms with Crippen molar-refractivity contribution in [1.29, 1.82) is 0 Å². The Morgan fingerprint density at radius 1 is 1.29 bits per heavy atom. The van der Waals surface area contributed by atoms with E-state index in [2.05, 4.69) is 4.94 Å². The van der Waals surface area contributed by atoms with E-state index >= 15 is 0 Å². The van der Waals surface area contributed by atoms with Gasteiger partial charge in [-0.2, -0.15) is 0 Å². The number of likely N-dealkylation sites (tertiary alicyclic amines) is 1. The van der Waals surface area contributed by atoms with Gasteiger partial charge in [-0.05, 0) is 50.2 Å². The summed E-state index contributed by atoms with van der Waals surface area (Å²) in [6.45, 7) is 4.59. The van der Waals surface area contributed by atoms with Gasteiger partial charge in [-0.3, -0.25) is 14.5 Å². The molecule has 31 heavy (non-hydrogen) atoms. The van der Waals surface area contributed by atoms with E-state index in [1.54, 1.807) is 21.9 Å². The van der Waals surface area contributed by atoms with Gasteiger partial charge in [0.1, 0.15) is 6.04 Å². The summed E-state index contributed by atoms with van der Waals surface area (Å²) in [5.41, 5.74) is 0.755. The Hall–Kier alpha value is -2.06. The van der Waals surface area contributed by atoms with E-state index in [1.165, 1.54) is 6.07 Å². The molecule has 2 atom stereocenters. The molecule has 1 aromatic carbocycles. The van der Waals surface area contributed by atoms with E-state index in [0.29, 0.717) is 44.7 Å². The van der Waals surface area contributed by atoms with Crippen LogP contribution < -0.4 is 9.84 Å². The van der Waals surface area contributed by atoms with Crippen molar-refractivity contribution in [3.05, 3.63) is 23.2 Å². The molecule has 2 amide bonds. The van der Waals surface area contributed by atoms with Gasteiger partial charge in [0, 0.05) is 55.4 Å². The van der Waals surface area contributed by atoms with Crippen LogP contribution in [0.5, 0.6) is 5.75 Å². The van der Waals surface area contributed by atoms with E-state index in [9.17, 15) is 19.2 Å². The molecule has 3 aliphatic rings. The highest BCUT2D eigenvalue weighted by molar-refractivity contribution is 6.32. The minimum atomic E-state index is -0.412. The standard InChI is InChI=1S/C22H29ClFN3O4/c1-15-21(30)25(11-12-27(15)16-4-5-17(23)18(13-16)31-24)9-2-3-20(29)26-10-8-22(6-7-22)19(28)14-26/h4-5,13,15,19,28H,2-3,6-12,14H2,1H3/t15-,19-/m1/s1. The maximum Gasteiger partial charge on any atom is 0.245 e. The van der Waals surface area contributed by atoms with Crippen molar-refractivity contribution < 1.29 is 24.2 Å². The highest BCUT2D eigenvalue weighted by Crippen LogP contribution is 2.53. The summed E-state index contributed by atoms with van der Waals surface area (Å²) in [7, 11) is 0. The summed E-state index contributed by atoms with van der Waals surface area (Å²) < 4.78 is 12.6. The lowest BCUT2D eigenvalue weighted by molar-refractivity contribution is -0.138. The van der Waals surface area contributed by atoms with Gasteiger partial charge in [-0.25, -0.2) is 0 Å². The fraction of sp³-hybridized carbons (Fsp3) is 0.636. The number of anilines is 1. The fourth-order valence-corrected chi connectivity index (χ4v) is 4.95. The number of aliphatic hydroxyl groups is 1. The second kappa shape index (κ2) is 8.82. The van der Waals surface area contributed by atoms with Crippen LogP contribution in [0.25, 0.3) is 0 Å². The normalized spacial score (nSPS) is 25.2. The average Bonchev–Trinajstić information content (AvgIpc) is 3.54. The first kappa shape index (κ1) is 22.1. The maximum atomic E-state index is 12.9. The van der Waals surface area contributed by atoms with Crippen LogP contribution in [0.4, 0.5) is 10.2 Å². The molecule has 2 heterocycles. The van der Waals surface area contributed by atoms with E-state index < -0.39 is 12.1 Å². The lowest BCUT2D eigenvalue weighted by Crippen LogP contribution is -2.56. The molecule has 0 radical (unpaired) electrons. The van der Waals surface area contributed by atoms with Crippen LogP contribution >= 0.6 is 11.6 Å². The lowest BCUT2D eigenvalue weighted by Gasteiger charge is -2.40. The zero-order chi connectivity index (χ0) is 22.2. The Bertz CT molecular complexity index is 850. The van der Waals surface area contributed by atoms with E-state index in [1.807, 2.05) is 11.8 Å². The van der Waals surface area contributed by atoms with Gasteiger partial charge in [-0.15, -0.1) is 0 Å². The summed E-state index contributed by atoms with van der Waals surface area (Å²) in [4.78, 5) is 34.6. The molecule has 3 fully saturated rings. The quantitative estimate of drug-likeness (QED) is 0.717. The SMILES string of the molecule is C[C@@H]1C(=O)N(CCCC(=O)N2CCC3(CC3)[C@H](O)C2)CCN1c1ccc(Cl)c(OF)c1. The zero-order valence-electron chi connectivity index (χ0n) is 17.7. The fourth-order valence-electron chi connectivity index (χ4n) is 4.80. The van der Waals surface area contributed by atoms with E-state index in [-0.39, 0.29) is 28.0 Å². The minimum absolute atomic E-state index is 0.0274. The second-order valence-corrected chi connectivity index (χ2v) is 9.37. The van der Waals surface area contributed by atoms with Crippen LogP contribution in [0.15, 0.2) is 18.2 Å². The number of benzene rings is 1. The molecule has 1 spiro atoms.